The Hall–Kier alpha value is -1.35. The number of carbonyl (C=O) groups is 1. The number of aromatic carboxylic acids is 1. The SMILES string of the molecule is C[C@H]1CNCC[C@@H]1c1cccc(C(=O)O)c1. The van der Waals surface area contributed by atoms with Crippen LogP contribution in [0.3, 0.4) is 0 Å². The second kappa shape index (κ2) is 4.66. The third kappa shape index (κ3) is 2.25. The van der Waals surface area contributed by atoms with Gasteiger partial charge in [-0.25, -0.2) is 4.79 Å². The van der Waals surface area contributed by atoms with Gasteiger partial charge in [0.25, 0.3) is 0 Å². The Balaban J connectivity index is 2.25. The minimum Gasteiger partial charge on any atom is -0.478 e. The molecule has 1 aliphatic heterocycles. The van der Waals surface area contributed by atoms with Crippen molar-refractivity contribution in [3.63, 3.8) is 0 Å². The van der Waals surface area contributed by atoms with E-state index in [2.05, 4.69) is 12.2 Å². The summed E-state index contributed by atoms with van der Waals surface area (Å²) in [6, 6.07) is 7.35. The van der Waals surface area contributed by atoms with Crippen molar-refractivity contribution in [3.8, 4) is 0 Å². The highest BCUT2D eigenvalue weighted by Gasteiger charge is 2.23. The van der Waals surface area contributed by atoms with Crippen LogP contribution >= 0.6 is 0 Å². The molecule has 16 heavy (non-hydrogen) atoms. The topological polar surface area (TPSA) is 49.3 Å². The van der Waals surface area contributed by atoms with Crippen LogP contribution in [0, 0.1) is 5.92 Å². The van der Waals surface area contributed by atoms with Crippen LogP contribution in [0.4, 0.5) is 0 Å². The first-order valence-electron chi connectivity index (χ1n) is 5.72. The van der Waals surface area contributed by atoms with Crippen LogP contribution in [-0.4, -0.2) is 24.2 Å². The molecule has 0 aliphatic carbocycles. The van der Waals surface area contributed by atoms with Gasteiger partial charge in [-0.2, -0.15) is 0 Å². The highest BCUT2D eigenvalue weighted by atomic mass is 16.4. The standard InChI is InChI=1S/C13H17NO2/c1-9-8-14-6-5-12(9)10-3-2-4-11(7-10)13(15)16/h2-4,7,9,12,14H,5-6,8H2,1H3,(H,15,16)/t9-,12-/m0/s1. The smallest absolute Gasteiger partial charge is 0.335 e. The Morgan fingerprint density at radius 1 is 1.50 bits per heavy atom. The molecule has 3 heteroatoms. The lowest BCUT2D eigenvalue weighted by atomic mass is 9.82. The maximum Gasteiger partial charge on any atom is 0.335 e. The van der Waals surface area contributed by atoms with E-state index >= 15 is 0 Å². The van der Waals surface area contributed by atoms with Gasteiger partial charge in [0.05, 0.1) is 5.56 Å². The molecule has 0 unspecified atom stereocenters. The number of carboxylic acid groups (broad SMARTS) is 1. The minimum absolute atomic E-state index is 0.392. The van der Waals surface area contributed by atoms with E-state index < -0.39 is 5.97 Å². The largest absolute Gasteiger partial charge is 0.478 e. The van der Waals surface area contributed by atoms with Crippen molar-refractivity contribution in [2.24, 2.45) is 5.92 Å². The van der Waals surface area contributed by atoms with Crippen LogP contribution in [-0.2, 0) is 0 Å². The van der Waals surface area contributed by atoms with Crippen LogP contribution < -0.4 is 5.32 Å². The van der Waals surface area contributed by atoms with E-state index in [4.69, 9.17) is 5.11 Å². The van der Waals surface area contributed by atoms with E-state index in [1.54, 1.807) is 6.07 Å². The first-order valence-corrected chi connectivity index (χ1v) is 5.72. The Morgan fingerprint density at radius 2 is 2.31 bits per heavy atom. The van der Waals surface area contributed by atoms with Crippen molar-refractivity contribution in [2.75, 3.05) is 13.1 Å². The summed E-state index contributed by atoms with van der Waals surface area (Å²) >= 11 is 0. The van der Waals surface area contributed by atoms with Crippen molar-refractivity contribution in [2.45, 2.75) is 19.3 Å². The average Bonchev–Trinajstić information content (AvgIpc) is 2.30. The van der Waals surface area contributed by atoms with E-state index in [0.717, 1.165) is 25.1 Å². The summed E-state index contributed by atoms with van der Waals surface area (Å²) in [5.74, 6) is 0.210. The lowest BCUT2D eigenvalue weighted by Gasteiger charge is -2.30. The predicted molar refractivity (Wildman–Crippen MR) is 62.8 cm³/mol. The third-order valence-corrected chi connectivity index (χ3v) is 3.35. The zero-order chi connectivity index (χ0) is 11.5. The Kier molecular flexibility index (Phi) is 3.25. The predicted octanol–water partition coefficient (Wildman–Crippen LogP) is 2.10. The van der Waals surface area contributed by atoms with Crippen LogP contribution in [0.25, 0.3) is 0 Å². The molecular formula is C13H17NO2. The van der Waals surface area contributed by atoms with Crippen molar-refractivity contribution in [1.29, 1.82) is 0 Å². The fraction of sp³-hybridized carbons (Fsp3) is 0.462. The van der Waals surface area contributed by atoms with E-state index in [-0.39, 0.29) is 0 Å². The zero-order valence-electron chi connectivity index (χ0n) is 9.44. The molecule has 0 saturated carbocycles. The van der Waals surface area contributed by atoms with Gasteiger partial charge in [-0.15, -0.1) is 0 Å². The summed E-state index contributed by atoms with van der Waals surface area (Å²) < 4.78 is 0. The van der Waals surface area contributed by atoms with E-state index in [1.165, 1.54) is 0 Å². The molecule has 2 N–H and O–H groups in total. The molecule has 1 fully saturated rings. The van der Waals surface area contributed by atoms with Gasteiger partial charge in [0.2, 0.25) is 0 Å². The summed E-state index contributed by atoms with van der Waals surface area (Å²) in [6.45, 7) is 4.25. The molecule has 1 aliphatic rings. The van der Waals surface area contributed by atoms with Gasteiger partial charge < -0.3 is 10.4 Å². The first kappa shape index (κ1) is 11.1. The second-order valence-corrected chi connectivity index (χ2v) is 4.51. The monoisotopic (exact) mass is 219 g/mol. The molecule has 1 saturated heterocycles. The highest BCUT2D eigenvalue weighted by molar-refractivity contribution is 5.87. The van der Waals surface area contributed by atoms with Gasteiger partial charge in [0.1, 0.15) is 0 Å². The molecule has 1 aromatic carbocycles. The van der Waals surface area contributed by atoms with Crippen LogP contribution in [0.1, 0.15) is 35.2 Å². The number of piperidine rings is 1. The first-order chi connectivity index (χ1) is 7.68. The molecule has 86 valence electrons. The van der Waals surface area contributed by atoms with Crippen LogP contribution in [0.2, 0.25) is 0 Å². The quantitative estimate of drug-likeness (QED) is 0.800. The molecule has 2 atom stereocenters. The molecule has 0 radical (unpaired) electrons. The fourth-order valence-corrected chi connectivity index (χ4v) is 2.41. The zero-order valence-corrected chi connectivity index (χ0v) is 9.44. The second-order valence-electron chi connectivity index (χ2n) is 4.51. The van der Waals surface area contributed by atoms with Crippen molar-refractivity contribution < 1.29 is 9.90 Å². The molecule has 0 spiro atoms. The van der Waals surface area contributed by atoms with Crippen LogP contribution in [0.5, 0.6) is 0 Å². The number of nitrogens with one attached hydrogen (secondary N) is 1. The van der Waals surface area contributed by atoms with E-state index in [1.807, 2.05) is 18.2 Å². The lowest BCUT2D eigenvalue weighted by molar-refractivity contribution is 0.0696. The number of rotatable bonds is 2. The number of carboxylic acids is 1. The normalized spacial score (nSPS) is 25.3. The lowest BCUT2D eigenvalue weighted by Crippen LogP contribution is -2.33. The van der Waals surface area contributed by atoms with Crippen molar-refractivity contribution in [3.05, 3.63) is 35.4 Å². The van der Waals surface area contributed by atoms with Crippen LogP contribution in [0.15, 0.2) is 24.3 Å². The van der Waals surface area contributed by atoms with Crippen molar-refractivity contribution in [1.82, 2.24) is 5.32 Å². The summed E-state index contributed by atoms with van der Waals surface area (Å²) in [5, 5.41) is 12.3. The Bertz CT molecular complexity index is 389. The van der Waals surface area contributed by atoms with Gasteiger partial charge in [0.15, 0.2) is 0 Å². The molecule has 2 rings (SSSR count). The average molecular weight is 219 g/mol. The van der Waals surface area contributed by atoms with Gasteiger partial charge in [-0.05, 0) is 49.0 Å². The number of benzene rings is 1. The molecule has 0 bridgehead atoms. The molecule has 3 nitrogen and oxygen atoms in total. The van der Waals surface area contributed by atoms with Crippen molar-refractivity contribution >= 4 is 5.97 Å². The highest BCUT2D eigenvalue weighted by Crippen LogP contribution is 2.30. The Morgan fingerprint density at radius 3 is 3.00 bits per heavy atom. The number of hydrogen-bond acceptors (Lipinski definition) is 2. The van der Waals surface area contributed by atoms with E-state index in [0.29, 0.717) is 17.4 Å². The van der Waals surface area contributed by atoms with Gasteiger partial charge >= 0.3 is 5.97 Å². The maximum atomic E-state index is 10.9. The van der Waals surface area contributed by atoms with E-state index in [9.17, 15) is 4.79 Å². The molecule has 0 amide bonds. The number of hydrogen-bond donors (Lipinski definition) is 2. The molecule has 1 aromatic rings. The van der Waals surface area contributed by atoms with Gasteiger partial charge in [0, 0.05) is 0 Å². The molecular weight excluding hydrogens is 202 g/mol. The summed E-state index contributed by atoms with van der Waals surface area (Å²) in [6.07, 6.45) is 1.09. The fourth-order valence-electron chi connectivity index (χ4n) is 2.41. The minimum atomic E-state index is -0.844. The third-order valence-electron chi connectivity index (χ3n) is 3.35. The van der Waals surface area contributed by atoms with Gasteiger partial charge in [-0.1, -0.05) is 19.1 Å². The Labute approximate surface area is 95.5 Å². The maximum absolute atomic E-state index is 10.9. The summed E-state index contributed by atoms with van der Waals surface area (Å²) in [5.41, 5.74) is 1.55. The molecule has 1 heterocycles. The molecule has 0 aromatic heterocycles. The summed E-state index contributed by atoms with van der Waals surface area (Å²) in [7, 11) is 0. The van der Waals surface area contributed by atoms with Gasteiger partial charge in [-0.3, -0.25) is 0 Å². The summed E-state index contributed by atoms with van der Waals surface area (Å²) in [4.78, 5) is 10.9.